The van der Waals surface area contributed by atoms with Gasteiger partial charge in [0.25, 0.3) is 0 Å². The zero-order valence-corrected chi connectivity index (χ0v) is 11.8. The standard InChI is InChI=1S/C15H16ClNO2/c1-3-14(18)11-6-7-17(9-11)10-12-8-13(16)4-5-15(12)19-2/h4-9H,3,10H2,1-2H3. The minimum atomic E-state index is 0.150. The first kappa shape index (κ1) is 13.7. The van der Waals surface area contributed by atoms with Crippen molar-refractivity contribution >= 4 is 17.4 Å². The van der Waals surface area contributed by atoms with Gasteiger partial charge >= 0.3 is 0 Å². The van der Waals surface area contributed by atoms with Crippen LogP contribution in [-0.2, 0) is 6.54 Å². The number of rotatable bonds is 5. The normalized spacial score (nSPS) is 10.5. The smallest absolute Gasteiger partial charge is 0.164 e. The lowest BCUT2D eigenvalue weighted by atomic mass is 10.2. The topological polar surface area (TPSA) is 31.2 Å². The summed E-state index contributed by atoms with van der Waals surface area (Å²) in [6, 6.07) is 7.36. The molecule has 0 aliphatic carbocycles. The lowest BCUT2D eigenvalue weighted by Gasteiger charge is -2.09. The Bertz CT molecular complexity index is 590. The van der Waals surface area contributed by atoms with E-state index in [1.54, 1.807) is 13.2 Å². The lowest BCUT2D eigenvalue weighted by Crippen LogP contribution is -2.00. The molecule has 4 heteroatoms. The zero-order valence-electron chi connectivity index (χ0n) is 11.0. The maximum Gasteiger partial charge on any atom is 0.164 e. The Labute approximate surface area is 117 Å². The van der Waals surface area contributed by atoms with Gasteiger partial charge < -0.3 is 9.30 Å². The molecule has 19 heavy (non-hydrogen) atoms. The van der Waals surface area contributed by atoms with Crippen LogP contribution in [0.2, 0.25) is 5.02 Å². The molecule has 0 unspecified atom stereocenters. The van der Waals surface area contributed by atoms with E-state index in [-0.39, 0.29) is 5.78 Å². The highest BCUT2D eigenvalue weighted by atomic mass is 35.5. The Morgan fingerprint density at radius 2 is 2.16 bits per heavy atom. The van der Waals surface area contributed by atoms with Crippen molar-refractivity contribution in [2.45, 2.75) is 19.9 Å². The van der Waals surface area contributed by atoms with Gasteiger partial charge in [0.2, 0.25) is 0 Å². The Morgan fingerprint density at radius 3 is 2.84 bits per heavy atom. The third-order valence-electron chi connectivity index (χ3n) is 2.99. The maximum atomic E-state index is 11.6. The molecule has 0 atom stereocenters. The van der Waals surface area contributed by atoms with Crippen molar-refractivity contribution in [1.82, 2.24) is 4.57 Å². The molecule has 0 saturated heterocycles. The van der Waals surface area contributed by atoms with E-state index < -0.39 is 0 Å². The highest BCUT2D eigenvalue weighted by Crippen LogP contribution is 2.23. The van der Waals surface area contributed by atoms with Crippen molar-refractivity contribution < 1.29 is 9.53 Å². The van der Waals surface area contributed by atoms with Gasteiger partial charge in [-0.2, -0.15) is 0 Å². The van der Waals surface area contributed by atoms with Crippen LogP contribution in [0.25, 0.3) is 0 Å². The first-order valence-corrected chi connectivity index (χ1v) is 6.53. The number of benzene rings is 1. The summed E-state index contributed by atoms with van der Waals surface area (Å²) >= 11 is 6.00. The van der Waals surface area contributed by atoms with Crippen LogP contribution in [0, 0.1) is 0 Å². The number of halogens is 1. The molecule has 0 bridgehead atoms. The van der Waals surface area contributed by atoms with E-state index in [1.807, 2.05) is 42.1 Å². The number of carbonyl (C=O) groups excluding carboxylic acids is 1. The fraction of sp³-hybridized carbons (Fsp3) is 0.267. The molecule has 0 aliphatic rings. The molecule has 0 fully saturated rings. The van der Waals surface area contributed by atoms with E-state index in [0.717, 1.165) is 16.9 Å². The molecule has 1 heterocycles. The quantitative estimate of drug-likeness (QED) is 0.779. The van der Waals surface area contributed by atoms with Crippen molar-refractivity contribution in [3.05, 3.63) is 52.8 Å². The first-order chi connectivity index (χ1) is 9.13. The van der Waals surface area contributed by atoms with Crippen LogP contribution in [0.3, 0.4) is 0 Å². The van der Waals surface area contributed by atoms with Crippen LogP contribution in [0.5, 0.6) is 5.75 Å². The summed E-state index contributed by atoms with van der Waals surface area (Å²) in [6.07, 6.45) is 4.26. The van der Waals surface area contributed by atoms with Crippen molar-refractivity contribution in [2.24, 2.45) is 0 Å². The van der Waals surface area contributed by atoms with Crippen molar-refractivity contribution in [1.29, 1.82) is 0 Å². The predicted octanol–water partition coefficient (Wildman–Crippen LogP) is 3.79. The molecule has 2 aromatic rings. The Kier molecular flexibility index (Phi) is 4.27. The second-order valence-electron chi connectivity index (χ2n) is 4.31. The summed E-state index contributed by atoms with van der Waals surface area (Å²) in [5.41, 5.74) is 1.73. The van der Waals surface area contributed by atoms with Gasteiger partial charge in [0.05, 0.1) is 13.7 Å². The molecule has 0 aliphatic heterocycles. The second-order valence-corrected chi connectivity index (χ2v) is 4.74. The number of nitrogens with zero attached hydrogens (tertiary/aromatic N) is 1. The van der Waals surface area contributed by atoms with Gasteiger partial charge in [-0.15, -0.1) is 0 Å². The van der Waals surface area contributed by atoms with Gasteiger partial charge in [0.1, 0.15) is 5.75 Å². The zero-order chi connectivity index (χ0) is 13.8. The van der Waals surface area contributed by atoms with Crippen LogP contribution < -0.4 is 4.74 Å². The Balaban J connectivity index is 2.23. The average Bonchev–Trinajstić information content (AvgIpc) is 2.86. The molecule has 0 radical (unpaired) electrons. The molecule has 0 amide bonds. The highest BCUT2D eigenvalue weighted by Gasteiger charge is 2.08. The first-order valence-electron chi connectivity index (χ1n) is 6.15. The number of Topliss-reactive ketones (excluding diaryl/α,β-unsaturated/α-hetero) is 1. The van der Waals surface area contributed by atoms with E-state index >= 15 is 0 Å². The molecular weight excluding hydrogens is 262 g/mol. The Hall–Kier alpha value is -1.74. The molecular formula is C15H16ClNO2. The van der Waals surface area contributed by atoms with Crippen LogP contribution in [0.15, 0.2) is 36.7 Å². The highest BCUT2D eigenvalue weighted by molar-refractivity contribution is 6.30. The molecule has 100 valence electrons. The molecule has 1 aromatic heterocycles. The van der Waals surface area contributed by atoms with Crippen molar-refractivity contribution in [3.8, 4) is 5.75 Å². The second kappa shape index (κ2) is 5.93. The maximum absolute atomic E-state index is 11.6. The third-order valence-corrected chi connectivity index (χ3v) is 3.22. The number of carbonyl (C=O) groups is 1. The lowest BCUT2D eigenvalue weighted by molar-refractivity contribution is 0.0988. The summed E-state index contributed by atoms with van der Waals surface area (Å²) in [4.78, 5) is 11.6. The van der Waals surface area contributed by atoms with Crippen molar-refractivity contribution in [3.63, 3.8) is 0 Å². The van der Waals surface area contributed by atoms with Gasteiger partial charge in [0, 0.05) is 35.0 Å². The van der Waals surface area contributed by atoms with E-state index in [0.29, 0.717) is 18.0 Å². The molecule has 1 aromatic carbocycles. The predicted molar refractivity (Wildman–Crippen MR) is 76.2 cm³/mol. The third kappa shape index (κ3) is 3.18. The molecule has 2 rings (SSSR count). The summed E-state index contributed by atoms with van der Waals surface area (Å²) < 4.78 is 7.26. The fourth-order valence-electron chi connectivity index (χ4n) is 1.98. The molecule has 0 saturated carbocycles. The summed E-state index contributed by atoms with van der Waals surface area (Å²) in [7, 11) is 1.63. The number of ketones is 1. The van der Waals surface area contributed by atoms with Gasteiger partial charge in [-0.25, -0.2) is 0 Å². The monoisotopic (exact) mass is 277 g/mol. The number of hydrogen-bond donors (Lipinski definition) is 0. The van der Waals surface area contributed by atoms with Gasteiger partial charge in [-0.1, -0.05) is 18.5 Å². The summed E-state index contributed by atoms with van der Waals surface area (Å²) in [5.74, 6) is 0.943. The minimum absolute atomic E-state index is 0.150. The van der Waals surface area contributed by atoms with Crippen LogP contribution in [0.1, 0.15) is 29.3 Å². The number of hydrogen-bond acceptors (Lipinski definition) is 2. The molecule has 0 N–H and O–H groups in total. The van der Waals surface area contributed by atoms with E-state index in [9.17, 15) is 4.79 Å². The molecule has 0 spiro atoms. The van der Waals surface area contributed by atoms with E-state index in [2.05, 4.69) is 0 Å². The van der Waals surface area contributed by atoms with Gasteiger partial charge in [-0.05, 0) is 24.3 Å². The van der Waals surface area contributed by atoms with Gasteiger partial charge in [-0.3, -0.25) is 4.79 Å². The van der Waals surface area contributed by atoms with Crippen molar-refractivity contribution in [2.75, 3.05) is 7.11 Å². The van der Waals surface area contributed by atoms with Gasteiger partial charge in [0.15, 0.2) is 5.78 Å². The largest absolute Gasteiger partial charge is 0.496 e. The van der Waals surface area contributed by atoms with E-state index in [4.69, 9.17) is 16.3 Å². The number of methoxy groups -OCH3 is 1. The number of aromatic nitrogens is 1. The molecule has 3 nitrogen and oxygen atoms in total. The van der Waals surface area contributed by atoms with Crippen LogP contribution in [-0.4, -0.2) is 17.5 Å². The summed E-state index contributed by atoms with van der Waals surface area (Å²) in [6.45, 7) is 2.49. The summed E-state index contributed by atoms with van der Waals surface area (Å²) in [5, 5.41) is 0.674. The number of ether oxygens (including phenoxy) is 1. The SMILES string of the molecule is CCC(=O)c1ccn(Cc2cc(Cl)ccc2OC)c1. The fourth-order valence-corrected chi connectivity index (χ4v) is 2.17. The minimum Gasteiger partial charge on any atom is -0.496 e. The van der Waals surface area contributed by atoms with Crippen LogP contribution >= 0.6 is 11.6 Å². The Morgan fingerprint density at radius 1 is 1.37 bits per heavy atom. The van der Waals surface area contributed by atoms with E-state index in [1.165, 1.54) is 0 Å². The van der Waals surface area contributed by atoms with Crippen LogP contribution in [0.4, 0.5) is 0 Å². The average molecular weight is 278 g/mol.